The van der Waals surface area contributed by atoms with Crippen molar-refractivity contribution >= 4 is 29.1 Å². The summed E-state index contributed by atoms with van der Waals surface area (Å²) in [4.78, 5) is 11.5. The predicted octanol–water partition coefficient (Wildman–Crippen LogP) is 2.31. The van der Waals surface area contributed by atoms with Crippen LogP contribution in [0.1, 0.15) is 30.3 Å². The number of unbranched alkanes of at least 4 members (excludes halogenated alkanes) is 1. The lowest BCUT2D eigenvalue weighted by molar-refractivity contribution is 0.0947. The highest BCUT2D eigenvalue weighted by atomic mass is 35.5. The van der Waals surface area contributed by atoms with Crippen molar-refractivity contribution in [1.29, 1.82) is 0 Å². The number of nitrogens with zero attached hydrogens (tertiary/aromatic N) is 2. The van der Waals surface area contributed by atoms with Crippen molar-refractivity contribution in [3.63, 3.8) is 0 Å². The molecule has 0 aliphatic heterocycles. The maximum atomic E-state index is 11.5. The second kappa shape index (κ2) is 5.88. The Morgan fingerprint density at radius 2 is 2.20 bits per heavy atom. The fourth-order valence-corrected chi connectivity index (χ4v) is 1.39. The molecule has 0 unspecified atom stereocenters. The smallest absolute Gasteiger partial charge is 0.273 e. The van der Waals surface area contributed by atoms with Gasteiger partial charge in [0.1, 0.15) is 0 Å². The molecule has 0 aliphatic rings. The van der Waals surface area contributed by atoms with Crippen LogP contribution in [0.25, 0.3) is 0 Å². The highest BCUT2D eigenvalue weighted by molar-refractivity contribution is 6.35. The van der Waals surface area contributed by atoms with E-state index < -0.39 is 0 Å². The lowest BCUT2D eigenvalue weighted by atomic mass is 10.3. The van der Waals surface area contributed by atoms with E-state index in [1.807, 2.05) is 6.92 Å². The summed E-state index contributed by atoms with van der Waals surface area (Å²) in [5.74, 6) is -0.322. The first kappa shape index (κ1) is 12.2. The predicted molar refractivity (Wildman–Crippen MR) is 59.3 cm³/mol. The van der Waals surface area contributed by atoms with E-state index >= 15 is 0 Å². The van der Waals surface area contributed by atoms with Crippen molar-refractivity contribution in [1.82, 2.24) is 15.5 Å². The van der Waals surface area contributed by atoms with Gasteiger partial charge in [-0.1, -0.05) is 36.5 Å². The van der Waals surface area contributed by atoms with E-state index in [9.17, 15) is 4.79 Å². The summed E-state index contributed by atoms with van der Waals surface area (Å²) in [6, 6.07) is 1.39. The Morgan fingerprint density at radius 3 is 2.80 bits per heavy atom. The average Bonchev–Trinajstić information content (AvgIpc) is 2.17. The summed E-state index contributed by atoms with van der Waals surface area (Å²) < 4.78 is 0. The molecule has 0 aromatic carbocycles. The van der Waals surface area contributed by atoms with Gasteiger partial charge in [0.2, 0.25) is 0 Å². The van der Waals surface area contributed by atoms with E-state index in [2.05, 4.69) is 15.5 Å². The fraction of sp³-hybridized carbons (Fsp3) is 0.444. The van der Waals surface area contributed by atoms with Gasteiger partial charge in [-0.15, -0.1) is 10.2 Å². The van der Waals surface area contributed by atoms with Gasteiger partial charge in [-0.25, -0.2) is 0 Å². The van der Waals surface area contributed by atoms with Crippen LogP contribution in [0.4, 0.5) is 0 Å². The highest BCUT2D eigenvalue weighted by Gasteiger charge is 2.12. The summed E-state index contributed by atoms with van der Waals surface area (Å²) in [6.07, 6.45) is 1.94. The number of carbonyl (C=O) groups is 1. The molecule has 1 N–H and O–H groups in total. The minimum atomic E-state index is -0.322. The molecular weight excluding hydrogens is 237 g/mol. The largest absolute Gasteiger partial charge is 0.351 e. The molecule has 0 spiro atoms. The molecule has 1 aromatic rings. The van der Waals surface area contributed by atoms with Crippen LogP contribution in [-0.4, -0.2) is 22.6 Å². The third-order valence-corrected chi connectivity index (χ3v) is 2.22. The van der Waals surface area contributed by atoms with Gasteiger partial charge in [0.25, 0.3) is 5.91 Å². The summed E-state index contributed by atoms with van der Waals surface area (Å²) >= 11 is 11.3. The molecule has 0 fully saturated rings. The zero-order chi connectivity index (χ0) is 11.3. The topological polar surface area (TPSA) is 54.9 Å². The zero-order valence-corrected chi connectivity index (χ0v) is 9.77. The Kier molecular flexibility index (Phi) is 4.78. The van der Waals surface area contributed by atoms with Crippen LogP contribution in [0.5, 0.6) is 0 Å². The van der Waals surface area contributed by atoms with Crippen molar-refractivity contribution in [2.24, 2.45) is 0 Å². The van der Waals surface area contributed by atoms with Gasteiger partial charge in [0.15, 0.2) is 10.8 Å². The molecule has 82 valence electrons. The minimum Gasteiger partial charge on any atom is -0.351 e. The number of rotatable bonds is 4. The standard InChI is InChI=1S/C9H11Cl2N3O/c1-2-3-4-12-9(15)8-6(10)5-7(11)13-14-8/h5H,2-4H2,1H3,(H,12,15). The summed E-state index contributed by atoms with van der Waals surface area (Å²) in [5.41, 5.74) is 0.108. The lowest BCUT2D eigenvalue weighted by Gasteiger charge is -2.04. The van der Waals surface area contributed by atoms with Crippen LogP contribution >= 0.6 is 23.2 Å². The molecule has 0 aliphatic carbocycles. The van der Waals surface area contributed by atoms with Gasteiger partial charge < -0.3 is 5.32 Å². The van der Waals surface area contributed by atoms with E-state index in [0.717, 1.165) is 12.8 Å². The number of hydrogen-bond donors (Lipinski definition) is 1. The molecule has 0 bridgehead atoms. The van der Waals surface area contributed by atoms with E-state index in [1.165, 1.54) is 6.07 Å². The number of hydrogen-bond acceptors (Lipinski definition) is 3. The Labute approximate surface area is 98.0 Å². The molecule has 15 heavy (non-hydrogen) atoms. The van der Waals surface area contributed by atoms with Gasteiger partial charge in [-0.3, -0.25) is 4.79 Å². The van der Waals surface area contributed by atoms with Crippen LogP contribution in [0, 0.1) is 0 Å². The normalized spacial score (nSPS) is 10.1. The number of halogens is 2. The molecule has 0 atom stereocenters. The Morgan fingerprint density at radius 1 is 1.47 bits per heavy atom. The number of nitrogens with one attached hydrogen (secondary N) is 1. The van der Waals surface area contributed by atoms with E-state index in [1.54, 1.807) is 0 Å². The van der Waals surface area contributed by atoms with Crippen molar-refractivity contribution in [2.45, 2.75) is 19.8 Å². The molecule has 4 nitrogen and oxygen atoms in total. The van der Waals surface area contributed by atoms with E-state index in [-0.39, 0.29) is 21.8 Å². The fourth-order valence-electron chi connectivity index (χ4n) is 0.964. The van der Waals surface area contributed by atoms with Gasteiger partial charge in [0, 0.05) is 6.54 Å². The maximum Gasteiger partial charge on any atom is 0.273 e. The van der Waals surface area contributed by atoms with Gasteiger partial charge in [0.05, 0.1) is 5.02 Å². The minimum absolute atomic E-state index is 0.108. The van der Waals surface area contributed by atoms with Crippen LogP contribution in [-0.2, 0) is 0 Å². The molecule has 1 rings (SSSR count). The molecule has 1 aromatic heterocycles. The molecule has 0 saturated carbocycles. The first-order chi connectivity index (χ1) is 7.15. The Hall–Kier alpha value is -0.870. The SMILES string of the molecule is CCCCNC(=O)c1nnc(Cl)cc1Cl. The van der Waals surface area contributed by atoms with Crippen molar-refractivity contribution in [2.75, 3.05) is 6.54 Å². The van der Waals surface area contributed by atoms with Crippen molar-refractivity contribution in [3.8, 4) is 0 Å². The van der Waals surface area contributed by atoms with Crippen molar-refractivity contribution in [3.05, 3.63) is 21.9 Å². The van der Waals surface area contributed by atoms with E-state index in [0.29, 0.717) is 6.54 Å². The average molecular weight is 248 g/mol. The second-order valence-corrected chi connectivity index (χ2v) is 3.77. The molecule has 0 saturated heterocycles. The lowest BCUT2D eigenvalue weighted by Crippen LogP contribution is -2.25. The number of aromatic nitrogens is 2. The second-order valence-electron chi connectivity index (χ2n) is 2.97. The zero-order valence-electron chi connectivity index (χ0n) is 8.26. The van der Waals surface area contributed by atoms with Crippen LogP contribution in [0.2, 0.25) is 10.2 Å². The molecular formula is C9H11Cl2N3O. The third-order valence-electron chi connectivity index (χ3n) is 1.75. The number of carbonyl (C=O) groups excluding carboxylic acids is 1. The molecule has 1 heterocycles. The van der Waals surface area contributed by atoms with Crippen LogP contribution in [0.3, 0.4) is 0 Å². The summed E-state index contributed by atoms with van der Waals surface area (Å²) in [5, 5.41) is 10.3. The maximum absolute atomic E-state index is 11.5. The summed E-state index contributed by atoms with van der Waals surface area (Å²) in [7, 11) is 0. The highest BCUT2D eigenvalue weighted by Crippen LogP contribution is 2.15. The molecule has 6 heteroatoms. The van der Waals surface area contributed by atoms with Crippen molar-refractivity contribution < 1.29 is 4.79 Å². The third kappa shape index (κ3) is 3.64. The first-order valence-corrected chi connectivity index (χ1v) is 5.37. The van der Waals surface area contributed by atoms with E-state index in [4.69, 9.17) is 23.2 Å². The Bertz CT molecular complexity index is 357. The Balaban J connectivity index is 2.65. The monoisotopic (exact) mass is 247 g/mol. The van der Waals surface area contributed by atoms with Gasteiger partial charge in [-0.05, 0) is 12.5 Å². The molecule has 0 radical (unpaired) electrons. The first-order valence-electron chi connectivity index (χ1n) is 4.62. The van der Waals surface area contributed by atoms with Gasteiger partial charge in [-0.2, -0.15) is 0 Å². The molecule has 1 amide bonds. The quantitative estimate of drug-likeness (QED) is 0.832. The summed E-state index contributed by atoms with van der Waals surface area (Å²) in [6.45, 7) is 2.65. The van der Waals surface area contributed by atoms with Crippen LogP contribution in [0.15, 0.2) is 6.07 Å². The van der Waals surface area contributed by atoms with Crippen LogP contribution < -0.4 is 5.32 Å². The number of amides is 1. The van der Waals surface area contributed by atoms with Gasteiger partial charge >= 0.3 is 0 Å².